The summed E-state index contributed by atoms with van der Waals surface area (Å²) in [6, 6.07) is 0.302. The maximum atomic E-state index is 6.16. The molecule has 0 saturated carbocycles. The lowest BCUT2D eigenvalue weighted by molar-refractivity contribution is 0.158. The standard InChI is InChI=1S/C13H23BrN4/c1-4-18-12(13(14)10(3)16-18)8-17-6-5-9(2)11(15)7-17/h9,11H,4-8,15H2,1-3H3. The first kappa shape index (κ1) is 14.0. The van der Waals surface area contributed by atoms with E-state index in [1.807, 2.05) is 6.92 Å². The van der Waals surface area contributed by atoms with Crippen LogP contribution in [0.4, 0.5) is 0 Å². The van der Waals surface area contributed by atoms with E-state index in [9.17, 15) is 0 Å². The van der Waals surface area contributed by atoms with Gasteiger partial charge in [-0.3, -0.25) is 9.58 Å². The van der Waals surface area contributed by atoms with Gasteiger partial charge < -0.3 is 5.73 Å². The summed E-state index contributed by atoms with van der Waals surface area (Å²) in [5.41, 5.74) is 8.51. The average molecular weight is 315 g/mol. The lowest BCUT2D eigenvalue weighted by atomic mass is 9.94. The molecule has 1 aliphatic heterocycles. The molecular weight excluding hydrogens is 292 g/mol. The molecule has 1 aliphatic rings. The summed E-state index contributed by atoms with van der Waals surface area (Å²) in [7, 11) is 0. The second kappa shape index (κ2) is 5.72. The number of hydrogen-bond donors (Lipinski definition) is 1. The third kappa shape index (κ3) is 2.78. The minimum atomic E-state index is 0.302. The molecule has 0 radical (unpaired) electrons. The molecule has 102 valence electrons. The molecule has 0 spiro atoms. The van der Waals surface area contributed by atoms with Crippen molar-refractivity contribution in [2.45, 2.75) is 46.3 Å². The van der Waals surface area contributed by atoms with Gasteiger partial charge in [0.2, 0.25) is 0 Å². The fraction of sp³-hybridized carbons (Fsp3) is 0.769. The van der Waals surface area contributed by atoms with E-state index in [1.165, 1.54) is 12.1 Å². The first-order valence-electron chi connectivity index (χ1n) is 6.72. The molecule has 0 aliphatic carbocycles. The van der Waals surface area contributed by atoms with Crippen LogP contribution in [0.15, 0.2) is 4.47 Å². The Morgan fingerprint density at radius 1 is 1.50 bits per heavy atom. The molecule has 5 heteroatoms. The van der Waals surface area contributed by atoms with Crippen molar-refractivity contribution in [1.29, 1.82) is 0 Å². The molecule has 2 N–H and O–H groups in total. The highest BCUT2D eigenvalue weighted by atomic mass is 79.9. The number of halogens is 1. The minimum Gasteiger partial charge on any atom is -0.326 e. The highest BCUT2D eigenvalue weighted by molar-refractivity contribution is 9.10. The third-order valence-corrected chi connectivity index (χ3v) is 4.96. The largest absolute Gasteiger partial charge is 0.326 e. The van der Waals surface area contributed by atoms with Gasteiger partial charge in [0, 0.05) is 25.7 Å². The van der Waals surface area contributed by atoms with Gasteiger partial charge in [-0.2, -0.15) is 5.10 Å². The second-order valence-corrected chi connectivity index (χ2v) is 6.12. The van der Waals surface area contributed by atoms with Gasteiger partial charge in [-0.15, -0.1) is 0 Å². The third-order valence-electron chi connectivity index (χ3n) is 3.93. The average Bonchev–Trinajstić information content (AvgIpc) is 2.61. The number of aryl methyl sites for hydroxylation is 2. The van der Waals surface area contributed by atoms with E-state index in [2.05, 4.69) is 44.5 Å². The Kier molecular flexibility index (Phi) is 4.45. The Labute approximate surface area is 118 Å². The maximum absolute atomic E-state index is 6.16. The fourth-order valence-electron chi connectivity index (χ4n) is 2.55. The quantitative estimate of drug-likeness (QED) is 0.930. The van der Waals surface area contributed by atoms with Crippen LogP contribution in [0.25, 0.3) is 0 Å². The van der Waals surface area contributed by atoms with Crippen LogP contribution in [0.5, 0.6) is 0 Å². The van der Waals surface area contributed by atoms with Gasteiger partial charge in [-0.25, -0.2) is 0 Å². The summed E-state index contributed by atoms with van der Waals surface area (Å²) in [6.45, 7) is 10.4. The molecular formula is C13H23BrN4. The van der Waals surface area contributed by atoms with E-state index < -0.39 is 0 Å². The van der Waals surface area contributed by atoms with Crippen LogP contribution in [0.3, 0.4) is 0 Å². The number of rotatable bonds is 3. The van der Waals surface area contributed by atoms with Crippen molar-refractivity contribution in [2.75, 3.05) is 13.1 Å². The molecule has 2 heterocycles. The predicted octanol–water partition coefficient (Wildman–Crippen LogP) is 2.14. The number of piperidine rings is 1. The number of hydrogen-bond acceptors (Lipinski definition) is 3. The molecule has 0 amide bonds. The van der Waals surface area contributed by atoms with Crippen LogP contribution >= 0.6 is 15.9 Å². The zero-order valence-corrected chi connectivity index (χ0v) is 13.1. The van der Waals surface area contributed by atoms with Crippen molar-refractivity contribution < 1.29 is 0 Å². The molecule has 0 bridgehead atoms. The molecule has 2 unspecified atom stereocenters. The Balaban J connectivity index is 2.10. The van der Waals surface area contributed by atoms with E-state index in [0.717, 1.165) is 36.3 Å². The van der Waals surface area contributed by atoms with Gasteiger partial charge >= 0.3 is 0 Å². The molecule has 2 atom stereocenters. The van der Waals surface area contributed by atoms with Crippen LogP contribution in [0.2, 0.25) is 0 Å². The van der Waals surface area contributed by atoms with E-state index in [4.69, 9.17) is 5.73 Å². The van der Waals surface area contributed by atoms with Gasteiger partial charge in [0.1, 0.15) is 0 Å². The van der Waals surface area contributed by atoms with Gasteiger partial charge in [0.15, 0.2) is 0 Å². The molecule has 1 aromatic rings. The van der Waals surface area contributed by atoms with E-state index in [1.54, 1.807) is 0 Å². The molecule has 1 aromatic heterocycles. The van der Waals surface area contributed by atoms with Crippen LogP contribution in [-0.2, 0) is 13.1 Å². The van der Waals surface area contributed by atoms with Gasteiger partial charge in [-0.05, 0) is 48.7 Å². The Bertz CT molecular complexity index is 415. The molecule has 2 rings (SSSR count). The SMILES string of the molecule is CCn1nc(C)c(Br)c1CN1CCC(C)C(N)C1. The number of nitrogens with two attached hydrogens (primary N) is 1. The van der Waals surface area contributed by atoms with Crippen molar-refractivity contribution in [3.05, 3.63) is 15.9 Å². The van der Waals surface area contributed by atoms with E-state index in [0.29, 0.717) is 12.0 Å². The number of likely N-dealkylation sites (tertiary alicyclic amines) is 1. The Hall–Kier alpha value is -0.390. The summed E-state index contributed by atoms with van der Waals surface area (Å²) in [4.78, 5) is 2.44. The Morgan fingerprint density at radius 3 is 2.83 bits per heavy atom. The van der Waals surface area contributed by atoms with Gasteiger partial charge in [0.05, 0.1) is 15.9 Å². The molecule has 1 fully saturated rings. The maximum Gasteiger partial charge on any atom is 0.0739 e. The second-order valence-electron chi connectivity index (χ2n) is 5.33. The van der Waals surface area contributed by atoms with Gasteiger partial charge in [0.25, 0.3) is 0 Å². The van der Waals surface area contributed by atoms with Crippen molar-refractivity contribution in [1.82, 2.24) is 14.7 Å². The van der Waals surface area contributed by atoms with E-state index >= 15 is 0 Å². The summed E-state index contributed by atoms with van der Waals surface area (Å²) in [6.07, 6.45) is 1.19. The zero-order valence-electron chi connectivity index (χ0n) is 11.5. The molecule has 4 nitrogen and oxygen atoms in total. The topological polar surface area (TPSA) is 47.1 Å². The van der Waals surface area contributed by atoms with Crippen LogP contribution in [-0.4, -0.2) is 33.8 Å². The summed E-state index contributed by atoms with van der Waals surface area (Å²) >= 11 is 3.65. The summed E-state index contributed by atoms with van der Waals surface area (Å²) in [5, 5.41) is 4.54. The fourth-order valence-corrected chi connectivity index (χ4v) is 2.95. The highest BCUT2D eigenvalue weighted by Crippen LogP contribution is 2.24. The molecule has 1 saturated heterocycles. The van der Waals surface area contributed by atoms with Crippen molar-refractivity contribution in [3.8, 4) is 0 Å². The van der Waals surface area contributed by atoms with Crippen LogP contribution < -0.4 is 5.73 Å². The first-order valence-corrected chi connectivity index (χ1v) is 7.52. The van der Waals surface area contributed by atoms with Crippen LogP contribution in [0.1, 0.15) is 31.7 Å². The van der Waals surface area contributed by atoms with Gasteiger partial charge in [-0.1, -0.05) is 6.92 Å². The predicted molar refractivity (Wildman–Crippen MR) is 77.4 cm³/mol. The van der Waals surface area contributed by atoms with Crippen molar-refractivity contribution in [3.63, 3.8) is 0 Å². The smallest absolute Gasteiger partial charge is 0.0739 e. The lowest BCUT2D eigenvalue weighted by Gasteiger charge is -2.35. The number of aromatic nitrogens is 2. The van der Waals surface area contributed by atoms with Crippen LogP contribution in [0, 0.1) is 12.8 Å². The monoisotopic (exact) mass is 314 g/mol. The van der Waals surface area contributed by atoms with E-state index in [-0.39, 0.29) is 0 Å². The lowest BCUT2D eigenvalue weighted by Crippen LogP contribution is -2.47. The molecule has 18 heavy (non-hydrogen) atoms. The zero-order chi connectivity index (χ0) is 13.3. The summed E-state index contributed by atoms with van der Waals surface area (Å²) < 4.78 is 3.24. The Morgan fingerprint density at radius 2 is 2.22 bits per heavy atom. The van der Waals surface area contributed by atoms with Crippen molar-refractivity contribution >= 4 is 15.9 Å². The normalized spacial score (nSPS) is 25.6. The first-order chi connectivity index (χ1) is 8.52. The minimum absolute atomic E-state index is 0.302. The number of nitrogens with zero attached hydrogens (tertiary/aromatic N) is 3. The molecule has 0 aromatic carbocycles. The van der Waals surface area contributed by atoms with Crippen molar-refractivity contribution in [2.24, 2.45) is 11.7 Å². The highest BCUT2D eigenvalue weighted by Gasteiger charge is 2.24. The summed E-state index contributed by atoms with van der Waals surface area (Å²) in [5.74, 6) is 0.641.